The van der Waals surface area contributed by atoms with Crippen molar-refractivity contribution in [1.29, 1.82) is 0 Å². The summed E-state index contributed by atoms with van der Waals surface area (Å²) >= 11 is 0.760. The molecular weight excluding hydrogens is 140 g/mol. The van der Waals surface area contributed by atoms with Crippen LogP contribution in [-0.2, 0) is 4.79 Å². The third-order valence-corrected chi connectivity index (χ3v) is 1.35. The summed E-state index contributed by atoms with van der Waals surface area (Å²) in [6, 6.07) is 0. The lowest BCUT2D eigenvalue weighted by Gasteiger charge is -1.91. The van der Waals surface area contributed by atoms with E-state index in [-0.39, 0.29) is 6.42 Å². The number of aliphatic carboxylic acids is 1. The summed E-state index contributed by atoms with van der Waals surface area (Å²) in [6.07, 6.45) is 1.64. The molecule has 0 atom stereocenters. The lowest BCUT2D eigenvalue weighted by molar-refractivity contribution is -0.137. The number of rotatable bonds is 5. The van der Waals surface area contributed by atoms with Gasteiger partial charge in [0, 0.05) is 12.2 Å². The molecule has 4 heteroatoms. The molecule has 2 N–H and O–H groups in total. The highest BCUT2D eigenvalue weighted by Crippen LogP contribution is 2.00. The maximum Gasteiger partial charge on any atom is 0.303 e. The molecule has 0 aromatic heterocycles. The first-order valence-electron chi connectivity index (χ1n) is 2.75. The molecule has 0 saturated heterocycles. The quantitative estimate of drug-likeness (QED) is 0.460. The van der Waals surface area contributed by atoms with Crippen molar-refractivity contribution in [1.82, 2.24) is 0 Å². The highest BCUT2D eigenvalue weighted by atomic mass is 32.2. The van der Waals surface area contributed by atoms with E-state index in [1.54, 1.807) is 0 Å². The van der Waals surface area contributed by atoms with Gasteiger partial charge in [-0.1, -0.05) is 0 Å². The van der Waals surface area contributed by atoms with Gasteiger partial charge in [0.2, 0.25) is 0 Å². The van der Waals surface area contributed by atoms with Crippen molar-refractivity contribution >= 4 is 18.0 Å². The van der Waals surface area contributed by atoms with E-state index >= 15 is 0 Å². The van der Waals surface area contributed by atoms with Gasteiger partial charge < -0.3 is 9.66 Å². The molecule has 0 spiro atoms. The van der Waals surface area contributed by atoms with Gasteiger partial charge in [-0.2, -0.15) is 0 Å². The second-order valence-corrected chi connectivity index (χ2v) is 2.35. The van der Waals surface area contributed by atoms with Gasteiger partial charge in [-0.05, 0) is 24.9 Å². The highest BCUT2D eigenvalue weighted by molar-refractivity contribution is 7.93. The van der Waals surface area contributed by atoms with Crippen LogP contribution in [0.15, 0.2) is 0 Å². The van der Waals surface area contributed by atoms with Crippen LogP contribution >= 0.6 is 12.0 Å². The molecule has 0 unspecified atom stereocenters. The molecule has 0 rings (SSSR count). The maximum absolute atomic E-state index is 9.89. The molecule has 0 radical (unpaired) electrons. The lowest BCUT2D eigenvalue weighted by atomic mass is 10.3. The van der Waals surface area contributed by atoms with E-state index in [2.05, 4.69) is 0 Å². The summed E-state index contributed by atoms with van der Waals surface area (Å²) in [5, 5.41) is 8.14. The standard InChI is InChI=1S/C5H10O3S/c6-5(7)3-1-2-4-9-8/h8H,1-4H2,(H,6,7). The monoisotopic (exact) mass is 150 g/mol. The van der Waals surface area contributed by atoms with Gasteiger partial charge >= 0.3 is 5.97 Å². The summed E-state index contributed by atoms with van der Waals surface area (Å²) in [6.45, 7) is 0. The van der Waals surface area contributed by atoms with Crippen LogP contribution in [0.3, 0.4) is 0 Å². The van der Waals surface area contributed by atoms with Gasteiger partial charge in [0.05, 0.1) is 0 Å². The summed E-state index contributed by atoms with van der Waals surface area (Å²) in [5.74, 6) is -0.134. The molecule has 0 aliphatic carbocycles. The number of carbonyl (C=O) groups is 1. The van der Waals surface area contributed by atoms with Gasteiger partial charge in [0.25, 0.3) is 0 Å². The first kappa shape index (κ1) is 8.78. The van der Waals surface area contributed by atoms with E-state index in [1.807, 2.05) is 0 Å². The van der Waals surface area contributed by atoms with Gasteiger partial charge in [-0.25, -0.2) is 0 Å². The van der Waals surface area contributed by atoms with Crippen molar-refractivity contribution in [2.45, 2.75) is 19.3 Å². The summed E-state index contributed by atoms with van der Waals surface area (Å²) < 4.78 is 8.20. The number of hydrogen-bond acceptors (Lipinski definition) is 3. The van der Waals surface area contributed by atoms with E-state index in [1.165, 1.54) is 0 Å². The van der Waals surface area contributed by atoms with Crippen LogP contribution < -0.4 is 0 Å². The molecule has 0 heterocycles. The fourth-order valence-corrected chi connectivity index (χ4v) is 0.776. The highest BCUT2D eigenvalue weighted by Gasteiger charge is 1.94. The summed E-state index contributed by atoms with van der Waals surface area (Å²) in [5.41, 5.74) is 0. The van der Waals surface area contributed by atoms with Crippen molar-refractivity contribution in [2.75, 3.05) is 5.75 Å². The SMILES string of the molecule is O=C(O)CCCCSO. The molecule has 0 aliphatic rings. The maximum atomic E-state index is 9.89. The van der Waals surface area contributed by atoms with Crippen molar-refractivity contribution in [3.8, 4) is 0 Å². The zero-order valence-corrected chi connectivity index (χ0v) is 5.86. The van der Waals surface area contributed by atoms with E-state index in [9.17, 15) is 4.79 Å². The van der Waals surface area contributed by atoms with Crippen LogP contribution in [0, 0.1) is 0 Å². The molecule has 9 heavy (non-hydrogen) atoms. The van der Waals surface area contributed by atoms with Gasteiger partial charge in [-0.3, -0.25) is 4.79 Å². The van der Waals surface area contributed by atoms with Gasteiger partial charge in [-0.15, -0.1) is 0 Å². The van der Waals surface area contributed by atoms with Crippen molar-refractivity contribution < 1.29 is 14.5 Å². The van der Waals surface area contributed by atoms with Gasteiger partial charge in [0.1, 0.15) is 0 Å². The molecule has 54 valence electrons. The summed E-state index contributed by atoms with van der Waals surface area (Å²) in [4.78, 5) is 9.89. The average Bonchev–Trinajstić information content (AvgIpc) is 1.80. The predicted octanol–water partition coefficient (Wildman–Crippen LogP) is 1.45. The smallest absolute Gasteiger partial charge is 0.303 e. The van der Waals surface area contributed by atoms with Crippen molar-refractivity contribution in [3.05, 3.63) is 0 Å². The Labute approximate surface area is 58.3 Å². The fraction of sp³-hybridized carbons (Fsp3) is 0.800. The molecule has 0 bridgehead atoms. The summed E-state index contributed by atoms with van der Waals surface area (Å²) in [7, 11) is 0. The topological polar surface area (TPSA) is 57.5 Å². The van der Waals surface area contributed by atoms with Crippen LogP contribution in [0.1, 0.15) is 19.3 Å². The molecule has 0 fully saturated rings. The van der Waals surface area contributed by atoms with Crippen LogP contribution in [0.25, 0.3) is 0 Å². The fourth-order valence-electron chi connectivity index (χ4n) is 0.443. The van der Waals surface area contributed by atoms with Crippen LogP contribution in [0.2, 0.25) is 0 Å². The molecule has 0 aliphatic heterocycles. The molecule has 3 nitrogen and oxygen atoms in total. The Morgan fingerprint density at radius 3 is 2.56 bits per heavy atom. The number of carboxylic acid groups (broad SMARTS) is 1. The van der Waals surface area contributed by atoms with Gasteiger partial charge in [0.15, 0.2) is 0 Å². The molecular formula is C5H10O3S. The minimum absolute atomic E-state index is 0.209. The van der Waals surface area contributed by atoms with Crippen LogP contribution in [-0.4, -0.2) is 21.4 Å². The third kappa shape index (κ3) is 7.78. The molecule has 0 aromatic carbocycles. The minimum atomic E-state index is -0.766. The van der Waals surface area contributed by atoms with Crippen LogP contribution in [0.4, 0.5) is 0 Å². The number of unbranched alkanes of at least 4 members (excludes halogenated alkanes) is 1. The minimum Gasteiger partial charge on any atom is -0.481 e. The number of hydrogen-bond donors (Lipinski definition) is 2. The van der Waals surface area contributed by atoms with E-state index in [0.717, 1.165) is 18.5 Å². The first-order valence-corrected chi connectivity index (χ1v) is 3.70. The zero-order chi connectivity index (χ0) is 7.11. The van der Waals surface area contributed by atoms with E-state index < -0.39 is 5.97 Å². The Balaban J connectivity index is 2.83. The largest absolute Gasteiger partial charge is 0.481 e. The van der Waals surface area contributed by atoms with Crippen LogP contribution in [0.5, 0.6) is 0 Å². The molecule has 0 saturated carbocycles. The average molecular weight is 150 g/mol. The zero-order valence-electron chi connectivity index (χ0n) is 5.04. The van der Waals surface area contributed by atoms with E-state index in [0.29, 0.717) is 12.2 Å². The Bertz CT molecular complexity index is 84.3. The Hall–Kier alpha value is -0.220. The Morgan fingerprint density at radius 2 is 2.11 bits per heavy atom. The lowest BCUT2D eigenvalue weighted by Crippen LogP contribution is -1.93. The second-order valence-electron chi connectivity index (χ2n) is 1.68. The molecule has 0 amide bonds. The van der Waals surface area contributed by atoms with Crippen molar-refractivity contribution in [3.63, 3.8) is 0 Å². The Kier molecular flexibility index (Phi) is 5.76. The third-order valence-electron chi connectivity index (χ3n) is 0.876. The second kappa shape index (κ2) is 5.91. The number of carboxylic acids is 1. The van der Waals surface area contributed by atoms with E-state index in [4.69, 9.17) is 9.66 Å². The Morgan fingerprint density at radius 1 is 1.44 bits per heavy atom. The first-order chi connectivity index (χ1) is 4.27. The van der Waals surface area contributed by atoms with Crippen molar-refractivity contribution in [2.24, 2.45) is 0 Å². The molecule has 0 aromatic rings. The normalized spacial score (nSPS) is 9.44. The predicted molar refractivity (Wildman–Crippen MR) is 36.6 cm³/mol.